The molecule has 0 saturated heterocycles. The molecule has 0 spiro atoms. The number of aliphatic hydroxyl groups is 1. The van der Waals surface area contributed by atoms with Crippen molar-refractivity contribution in [3.8, 4) is 0 Å². The lowest BCUT2D eigenvalue weighted by molar-refractivity contribution is -0.198. The van der Waals surface area contributed by atoms with Gasteiger partial charge in [-0.05, 0) is 25.5 Å². The van der Waals surface area contributed by atoms with Crippen LogP contribution in [-0.2, 0) is 0 Å². The van der Waals surface area contributed by atoms with E-state index in [1.807, 2.05) is 13.0 Å². The highest BCUT2D eigenvalue weighted by Crippen LogP contribution is 2.21. The van der Waals surface area contributed by atoms with Crippen molar-refractivity contribution in [3.63, 3.8) is 0 Å². The lowest BCUT2D eigenvalue weighted by Crippen LogP contribution is -2.35. The molecule has 0 aromatic heterocycles. The molecular formula is C11H14F3NO. The maximum absolute atomic E-state index is 12.0. The molecule has 2 N–H and O–H groups in total. The third-order valence-corrected chi connectivity index (χ3v) is 2.25. The van der Waals surface area contributed by atoms with Crippen LogP contribution in [-0.4, -0.2) is 23.9 Å². The van der Waals surface area contributed by atoms with Gasteiger partial charge < -0.3 is 10.4 Å². The summed E-state index contributed by atoms with van der Waals surface area (Å²) in [6, 6.07) is 5.37. The quantitative estimate of drug-likeness (QED) is 0.841. The number of hydrogen-bond acceptors (Lipinski definition) is 2. The minimum Gasteiger partial charge on any atom is -0.382 e. The topological polar surface area (TPSA) is 32.3 Å². The van der Waals surface area contributed by atoms with Crippen LogP contribution in [0.2, 0.25) is 0 Å². The van der Waals surface area contributed by atoms with Crippen LogP contribution < -0.4 is 5.32 Å². The van der Waals surface area contributed by atoms with Gasteiger partial charge in [-0.2, -0.15) is 13.2 Å². The van der Waals surface area contributed by atoms with E-state index in [0.29, 0.717) is 5.69 Å². The van der Waals surface area contributed by atoms with Crippen molar-refractivity contribution >= 4 is 5.69 Å². The van der Waals surface area contributed by atoms with Crippen molar-refractivity contribution in [2.75, 3.05) is 11.9 Å². The molecule has 0 amide bonds. The summed E-state index contributed by atoms with van der Waals surface area (Å²) in [7, 11) is 0. The summed E-state index contributed by atoms with van der Waals surface area (Å²) >= 11 is 0. The average molecular weight is 233 g/mol. The van der Waals surface area contributed by atoms with Crippen LogP contribution in [0.1, 0.15) is 11.1 Å². The zero-order chi connectivity index (χ0) is 12.3. The van der Waals surface area contributed by atoms with Crippen molar-refractivity contribution in [2.24, 2.45) is 0 Å². The first-order chi connectivity index (χ1) is 7.30. The molecule has 0 aliphatic carbocycles. The molecule has 5 heteroatoms. The summed E-state index contributed by atoms with van der Waals surface area (Å²) in [4.78, 5) is 0. The van der Waals surface area contributed by atoms with Gasteiger partial charge in [-0.1, -0.05) is 17.7 Å². The average Bonchev–Trinajstić information content (AvgIpc) is 2.14. The van der Waals surface area contributed by atoms with Crippen LogP contribution in [0, 0.1) is 13.8 Å². The van der Waals surface area contributed by atoms with E-state index in [1.54, 1.807) is 19.1 Å². The van der Waals surface area contributed by atoms with Gasteiger partial charge in [-0.3, -0.25) is 0 Å². The zero-order valence-electron chi connectivity index (χ0n) is 9.10. The second-order valence-corrected chi connectivity index (χ2v) is 3.76. The first kappa shape index (κ1) is 12.8. The molecule has 0 aliphatic heterocycles. The number of alkyl halides is 3. The molecule has 1 aromatic rings. The Morgan fingerprint density at radius 2 is 1.94 bits per heavy atom. The molecule has 1 atom stereocenters. The molecule has 90 valence electrons. The van der Waals surface area contributed by atoms with Crippen molar-refractivity contribution in [2.45, 2.75) is 26.1 Å². The summed E-state index contributed by atoms with van der Waals surface area (Å²) in [6.07, 6.45) is -6.92. The Bertz CT molecular complexity index is 363. The minimum absolute atomic E-state index is 0.534. The van der Waals surface area contributed by atoms with Crippen molar-refractivity contribution < 1.29 is 18.3 Å². The fraction of sp³-hybridized carbons (Fsp3) is 0.455. The highest BCUT2D eigenvalue weighted by molar-refractivity contribution is 5.51. The molecule has 2 nitrogen and oxygen atoms in total. The largest absolute Gasteiger partial charge is 0.416 e. The highest BCUT2D eigenvalue weighted by Gasteiger charge is 2.37. The fourth-order valence-corrected chi connectivity index (χ4v) is 1.33. The number of aryl methyl sites for hydroxylation is 2. The Morgan fingerprint density at radius 1 is 1.31 bits per heavy atom. The summed E-state index contributed by atoms with van der Waals surface area (Å²) < 4.78 is 36.1. The number of anilines is 1. The first-order valence-corrected chi connectivity index (χ1v) is 4.86. The van der Waals surface area contributed by atoms with Gasteiger partial charge in [0.1, 0.15) is 0 Å². The van der Waals surface area contributed by atoms with E-state index in [9.17, 15) is 13.2 Å². The van der Waals surface area contributed by atoms with Crippen molar-refractivity contribution in [3.05, 3.63) is 29.3 Å². The number of nitrogens with one attached hydrogen (secondary N) is 1. The van der Waals surface area contributed by atoms with Crippen LogP contribution in [0.5, 0.6) is 0 Å². The van der Waals surface area contributed by atoms with Crippen molar-refractivity contribution in [1.82, 2.24) is 0 Å². The summed E-state index contributed by atoms with van der Waals surface area (Å²) in [5.74, 6) is 0. The minimum atomic E-state index is -4.58. The Kier molecular flexibility index (Phi) is 3.80. The Hall–Kier alpha value is -1.23. The van der Waals surface area contributed by atoms with E-state index in [1.165, 1.54) is 0 Å². The van der Waals surface area contributed by atoms with Gasteiger partial charge in [0.05, 0.1) is 0 Å². The molecule has 0 bridgehead atoms. The maximum atomic E-state index is 12.0. The molecule has 0 radical (unpaired) electrons. The van der Waals surface area contributed by atoms with E-state index in [0.717, 1.165) is 11.1 Å². The molecule has 1 unspecified atom stereocenters. The Morgan fingerprint density at radius 3 is 2.44 bits per heavy atom. The molecule has 0 fully saturated rings. The lowest BCUT2D eigenvalue weighted by atomic mass is 10.1. The maximum Gasteiger partial charge on any atom is 0.416 e. The van der Waals surface area contributed by atoms with Gasteiger partial charge in [-0.25, -0.2) is 0 Å². The predicted molar refractivity (Wildman–Crippen MR) is 56.5 cm³/mol. The van der Waals surface area contributed by atoms with E-state index >= 15 is 0 Å². The lowest BCUT2D eigenvalue weighted by Gasteiger charge is -2.17. The van der Waals surface area contributed by atoms with E-state index < -0.39 is 18.8 Å². The Labute approximate surface area is 92.1 Å². The molecule has 0 saturated carbocycles. The molecule has 0 aliphatic rings. The van der Waals surface area contributed by atoms with E-state index in [-0.39, 0.29) is 0 Å². The standard InChI is InChI=1S/C11H14F3NO/c1-7-3-4-9(8(2)5-7)15-6-10(16)11(12,13)14/h3-5,10,15-16H,6H2,1-2H3. The summed E-state index contributed by atoms with van der Waals surface area (Å²) in [5.41, 5.74) is 2.50. The number of rotatable bonds is 3. The third-order valence-electron chi connectivity index (χ3n) is 2.25. The van der Waals surface area contributed by atoms with Gasteiger partial charge >= 0.3 is 6.18 Å². The van der Waals surface area contributed by atoms with Gasteiger partial charge in [0, 0.05) is 12.2 Å². The molecule has 1 rings (SSSR count). The van der Waals surface area contributed by atoms with Gasteiger partial charge in [0.15, 0.2) is 6.10 Å². The third kappa shape index (κ3) is 3.41. The Balaban J connectivity index is 2.62. The number of hydrogen-bond donors (Lipinski definition) is 2. The van der Waals surface area contributed by atoms with Crippen LogP contribution in [0.4, 0.5) is 18.9 Å². The predicted octanol–water partition coefficient (Wildman–Crippen LogP) is 2.64. The monoisotopic (exact) mass is 233 g/mol. The SMILES string of the molecule is Cc1ccc(NCC(O)C(F)(F)F)c(C)c1. The molecule has 1 aromatic carbocycles. The fourth-order valence-electron chi connectivity index (χ4n) is 1.33. The van der Waals surface area contributed by atoms with Crippen LogP contribution in [0.3, 0.4) is 0 Å². The van der Waals surface area contributed by atoms with Crippen LogP contribution >= 0.6 is 0 Å². The van der Waals surface area contributed by atoms with Crippen LogP contribution in [0.25, 0.3) is 0 Å². The van der Waals surface area contributed by atoms with Crippen molar-refractivity contribution in [1.29, 1.82) is 0 Å². The van der Waals surface area contributed by atoms with Gasteiger partial charge in [0.25, 0.3) is 0 Å². The summed E-state index contributed by atoms with van der Waals surface area (Å²) in [5, 5.41) is 11.4. The van der Waals surface area contributed by atoms with E-state index in [2.05, 4.69) is 5.32 Å². The molecular weight excluding hydrogens is 219 g/mol. The normalized spacial score (nSPS) is 13.6. The molecule has 0 heterocycles. The number of benzene rings is 1. The van der Waals surface area contributed by atoms with Gasteiger partial charge in [-0.15, -0.1) is 0 Å². The second-order valence-electron chi connectivity index (χ2n) is 3.76. The highest BCUT2D eigenvalue weighted by atomic mass is 19.4. The smallest absolute Gasteiger partial charge is 0.382 e. The van der Waals surface area contributed by atoms with E-state index in [4.69, 9.17) is 5.11 Å². The van der Waals surface area contributed by atoms with Gasteiger partial charge in [0.2, 0.25) is 0 Å². The summed E-state index contributed by atoms with van der Waals surface area (Å²) in [6.45, 7) is 3.17. The number of halogens is 3. The first-order valence-electron chi connectivity index (χ1n) is 4.86. The van der Waals surface area contributed by atoms with Crippen LogP contribution in [0.15, 0.2) is 18.2 Å². The zero-order valence-corrected chi connectivity index (χ0v) is 9.10. The number of aliphatic hydroxyl groups excluding tert-OH is 1. The second kappa shape index (κ2) is 4.74. The molecule has 16 heavy (non-hydrogen) atoms.